The van der Waals surface area contributed by atoms with E-state index >= 15 is 0 Å². The fourth-order valence-corrected chi connectivity index (χ4v) is 2.25. The summed E-state index contributed by atoms with van der Waals surface area (Å²) in [4.78, 5) is 0. The molecule has 0 spiro atoms. The molecule has 20 heavy (non-hydrogen) atoms. The normalized spacial score (nSPS) is 14.1. The molecule has 0 saturated heterocycles. The molecule has 0 amide bonds. The predicted octanol–water partition coefficient (Wildman–Crippen LogP) is 3.61. The molecule has 2 aromatic carbocycles. The molecule has 0 bridgehead atoms. The van der Waals surface area contributed by atoms with Gasteiger partial charge in [0, 0.05) is 5.54 Å². The Kier molecular flexibility index (Phi) is 4.14. The first kappa shape index (κ1) is 14.6. The summed E-state index contributed by atoms with van der Waals surface area (Å²) in [5, 5.41) is 0. The molecular weight excluding hydrogens is 263 g/mol. The Morgan fingerprint density at radius 1 is 0.850 bits per heavy atom. The van der Waals surface area contributed by atoms with Crippen LogP contribution in [0, 0.1) is 17.5 Å². The second kappa shape index (κ2) is 5.67. The van der Waals surface area contributed by atoms with Gasteiger partial charge in [-0.05, 0) is 55.2 Å². The first-order valence-corrected chi connectivity index (χ1v) is 6.33. The van der Waals surface area contributed by atoms with E-state index in [1.807, 2.05) is 6.92 Å². The Hall–Kier alpha value is -1.81. The number of halogens is 3. The van der Waals surface area contributed by atoms with Crippen molar-refractivity contribution < 1.29 is 13.2 Å². The molecule has 1 unspecified atom stereocenters. The Bertz CT molecular complexity index is 591. The maximum Gasteiger partial charge on any atom is 0.159 e. The van der Waals surface area contributed by atoms with E-state index in [4.69, 9.17) is 5.73 Å². The molecule has 2 rings (SSSR count). The van der Waals surface area contributed by atoms with Gasteiger partial charge >= 0.3 is 0 Å². The molecule has 0 aliphatic heterocycles. The molecule has 0 aliphatic carbocycles. The zero-order valence-corrected chi connectivity index (χ0v) is 11.2. The second-order valence-corrected chi connectivity index (χ2v) is 5.38. The van der Waals surface area contributed by atoms with E-state index in [1.54, 1.807) is 12.1 Å². The summed E-state index contributed by atoms with van der Waals surface area (Å²) in [6.07, 6.45) is 0.924. The smallest absolute Gasteiger partial charge is 0.159 e. The second-order valence-electron chi connectivity index (χ2n) is 5.38. The van der Waals surface area contributed by atoms with Gasteiger partial charge in [-0.15, -0.1) is 0 Å². The maximum atomic E-state index is 13.2. The molecule has 4 heteroatoms. The first-order valence-electron chi connectivity index (χ1n) is 6.33. The summed E-state index contributed by atoms with van der Waals surface area (Å²) in [5.74, 6) is -2.04. The maximum absolute atomic E-state index is 13.2. The monoisotopic (exact) mass is 279 g/mol. The molecule has 2 aromatic rings. The van der Waals surface area contributed by atoms with Crippen LogP contribution in [-0.4, -0.2) is 5.54 Å². The minimum atomic E-state index is -0.875. The summed E-state index contributed by atoms with van der Waals surface area (Å²) in [6, 6.07) is 9.88. The Morgan fingerprint density at radius 3 is 2.00 bits per heavy atom. The van der Waals surface area contributed by atoms with Gasteiger partial charge < -0.3 is 5.73 Å². The topological polar surface area (TPSA) is 26.0 Å². The van der Waals surface area contributed by atoms with Crippen molar-refractivity contribution in [2.24, 2.45) is 5.73 Å². The van der Waals surface area contributed by atoms with Crippen LogP contribution in [0.2, 0.25) is 0 Å². The van der Waals surface area contributed by atoms with Crippen LogP contribution in [0.15, 0.2) is 42.5 Å². The van der Waals surface area contributed by atoms with Crippen molar-refractivity contribution in [3.63, 3.8) is 0 Å². The van der Waals surface area contributed by atoms with E-state index in [9.17, 15) is 13.2 Å². The van der Waals surface area contributed by atoms with Crippen molar-refractivity contribution in [3.05, 3.63) is 71.0 Å². The third-order valence-corrected chi connectivity index (χ3v) is 3.11. The summed E-state index contributed by atoms with van der Waals surface area (Å²) < 4.78 is 38.9. The third kappa shape index (κ3) is 3.84. The molecular formula is C16H16F3N. The number of nitrogens with two attached hydrogens (primary N) is 1. The lowest BCUT2D eigenvalue weighted by Gasteiger charge is -2.25. The fraction of sp³-hybridized carbons (Fsp3) is 0.250. The first-order chi connectivity index (χ1) is 9.35. The Labute approximate surface area is 116 Å². The van der Waals surface area contributed by atoms with Crippen molar-refractivity contribution in [1.29, 1.82) is 0 Å². The standard InChI is InChI=1S/C16H16F3N/c1-16(20,9-11-2-5-13(17)6-3-11)10-12-4-7-14(18)15(19)8-12/h2-8H,9-10,20H2,1H3. The van der Waals surface area contributed by atoms with Gasteiger partial charge in [0.1, 0.15) is 5.82 Å². The van der Waals surface area contributed by atoms with Crippen molar-refractivity contribution in [1.82, 2.24) is 0 Å². The third-order valence-electron chi connectivity index (χ3n) is 3.11. The molecule has 1 atom stereocenters. The van der Waals surface area contributed by atoms with Crippen molar-refractivity contribution in [2.45, 2.75) is 25.3 Å². The molecule has 0 radical (unpaired) electrons. The van der Waals surface area contributed by atoms with Crippen molar-refractivity contribution >= 4 is 0 Å². The lowest BCUT2D eigenvalue weighted by atomic mass is 9.87. The summed E-state index contributed by atoms with van der Waals surface area (Å²) in [7, 11) is 0. The van der Waals surface area contributed by atoms with Gasteiger partial charge in [-0.3, -0.25) is 0 Å². The van der Waals surface area contributed by atoms with Crippen molar-refractivity contribution in [3.8, 4) is 0 Å². The SMILES string of the molecule is CC(N)(Cc1ccc(F)cc1)Cc1ccc(F)c(F)c1. The summed E-state index contributed by atoms with van der Waals surface area (Å²) >= 11 is 0. The average molecular weight is 279 g/mol. The Balaban J connectivity index is 2.09. The van der Waals surface area contributed by atoms with E-state index in [0.717, 1.165) is 17.7 Å². The van der Waals surface area contributed by atoms with Gasteiger partial charge in [0.05, 0.1) is 0 Å². The van der Waals surface area contributed by atoms with Gasteiger partial charge in [-0.25, -0.2) is 13.2 Å². The number of hydrogen-bond donors (Lipinski definition) is 1. The zero-order valence-electron chi connectivity index (χ0n) is 11.2. The van der Waals surface area contributed by atoms with Gasteiger partial charge in [0.2, 0.25) is 0 Å². The van der Waals surface area contributed by atoms with E-state index in [-0.39, 0.29) is 5.82 Å². The minimum Gasteiger partial charge on any atom is -0.325 e. The Morgan fingerprint density at radius 2 is 1.40 bits per heavy atom. The average Bonchev–Trinajstić information content (AvgIpc) is 2.36. The van der Waals surface area contributed by atoms with Gasteiger partial charge in [-0.1, -0.05) is 18.2 Å². The molecule has 106 valence electrons. The molecule has 2 N–H and O–H groups in total. The van der Waals surface area contributed by atoms with Crippen LogP contribution in [0.3, 0.4) is 0 Å². The highest BCUT2D eigenvalue weighted by atomic mass is 19.2. The molecule has 1 nitrogen and oxygen atoms in total. The fourth-order valence-electron chi connectivity index (χ4n) is 2.25. The number of rotatable bonds is 4. The number of benzene rings is 2. The lowest BCUT2D eigenvalue weighted by molar-refractivity contribution is 0.457. The van der Waals surface area contributed by atoms with Crippen LogP contribution in [0.5, 0.6) is 0 Å². The van der Waals surface area contributed by atoms with E-state index in [2.05, 4.69) is 0 Å². The predicted molar refractivity (Wildman–Crippen MR) is 72.8 cm³/mol. The quantitative estimate of drug-likeness (QED) is 0.909. The highest BCUT2D eigenvalue weighted by Crippen LogP contribution is 2.18. The van der Waals surface area contributed by atoms with Crippen LogP contribution in [0.25, 0.3) is 0 Å². The van der Waals surface area contributed by atoms with Crippen LogP contribution in [0.4, 0.5) is 13.2 Å². The van der Waals surface area contributed by atoms with Gasteiger partial charge in [0.25, 0.3) is 0 Å². The lowest BCUT2D eigenvalue weighted by Crippen LogP contribution is -2.40. The van der Waals surface area contributed by atoms with Crippen LogP contribution in [-0.2, 0) is 12.8 Å². The van der Waals surface area contributed by atoms with Crippen LogP contribution < -0.4 is 5.73 Å². The molecule has 0 heterocycles. The molecule has 0 fully saturated rings. The highest BCUT2D eigenvalue weighted by molar-refractivity contribution is 5.23. The van der Waals surface area contributed by atoms with Gasteiger partial charge in [-0.2, -0.15) is 0 Å². The van der Waals surface area contributed by atoms with E-state index < -0.39 is 17.2 Å². The van der Waals surface area contributed by atoms with Crippen molar-refractivity contribution in [2.75, 3.05) is 0 Å². The largest absolute Gasteiger partial charge is 0.325 e. The van der Waals surface area contributed by atoms with E-state index in [0.29, 0.717) is 18.4 Å². The highest BCUT2D eigenvalue weighted by Gasteiger charge is 2.20. The van der Waals surface area contributed by atoms with Crippen LogP contribution >= 0.6 is 0 Å². The minimum absolute atomic E-state index is 0.298. The molecule has 0 aliphatic rings. The molecule has 0 saturated carbocycles. The number of hydrogen-bond acceptors (Lipinski definition) is 1. The molecule has 0 aromatic heterocycles. The van der Waals surface area contributed by atoms with Gasteiger partial charge in [0.15, 0.2) is 11.6 Å². The van der Waals surface area contributed by atoms with Crippen LogP contribution in [0.1, 0.15) is 18.1 Å². The summed E-state index contributed by atoms with van der Waals surface area (Å²) in [5.41, 5.74) is 7.11. The van der Waals surface area contributed by atoms with E-state index in [1.165, 1.54) is 18.2 Å². The summed E-state index contributed by atoms with van der Waals surface area (Å²) in [6.45, 7) is 1.83. The zero-order chi connectivity index (χ0) is 14.8.